The van der Waals surface area contributed by atoms with Crippen molar-refractivity contribution in [2.24, 2.45) is 70.0 Å². The Balaban J connectivity index is 0.000000106. The second-order valence-corrected chi connectivity index (χ2v) is 46.8. The highest BCUT2D eigenvalue weighted by atomic mass is 16.9. The lowest BCUT2D eigenvalue weighted by atomic mass is 9.46. The van der Waals surface area contributed by atoms with Crippen molar-refractivity contribution in [3.05, 3.63) is 60.8 Å². The number of rotatable bonds is 21. The Morgan fingerprint density at radius 3 is 1.36 bits per heavy atom. The summed E-state index contributed by atoms with van der Waals surface area (Å²) in [6.45, 7) is 39.6. The summed E-state index contributed by atoms with van der Waals surface area (Å²) >= 11 is 0. The maximum Gasteiger partial charge on any atom is 0.350 e. The standard InChI is InChI=1S/C24H30O9.C23H30O8.C23H32O8.C20H24O7.C13H16O7/c1-11(2)18(25)32-24-8-12-5-13(9-24)7-23(6-12,10-24)21(27)30-16-14-15(28-19(16)26)17-20(29-14)33-22(3,4)31-17;1-11(19(24)30-23-7-12-4-13(8-23)6-14(5-12)9-23)10-26-17-15-16(27-20(17)25)18-21(28-15)31-22(2,3)29-18;1-5-27-15(4)30-22-9-16-8-21(11-22,20(26)29-17-6-7-28-19(17)25)12-23(10-16,13-22)31-18(24)14(2)3;1-8(2)17(21)24-15-13-14(23-18(15)22)16-19(25-13)27-20(26-16)11-4-9-3-10(6-11)7-12(20)5-9;1-5(2)10(14)16-6-7-8-11(15)18-12(17-8)9(6)20-13(3,4)19-7/h12-17,20H,1,5-10H2,2-4H3;12-18,21H,1,4-10H2,2-3H3;15-17H,2,5-13H2,1,3-4H3;9-16,19H,1,3-7H2,2H3;6-9,12H,1H2,2-4H3. The first-order valence-corrected chi connectivity index (χ1v) is 50.8. The van der Waals surface area contributed by atoms with Gasteiger partial charge in [-0.1, -0.05) is 32.9 Å². The maximum absolute atomic E-state index is 13.6. The van der Waals surface area contributed by atoms with E-state index in [1.165, 1.54) is 32.6 Å². The molecule has 29 fully saturated rings. The molecule has 13 aliphatic heterocycles. The molecule has 28 atom stereocenters. The number of hydrogen-bond donors (Lipinski definition) is 0. The lowest BCUT2D eigenvalue weighted by Gasteiger charge is -2.64. The molecule has 0 amide bonds. The van der Waals surface area contributed by atoms with Gasteiger partial charge in [-0.3, -0.25) is 9.59 Å². The molecule has 16 saturated carbocycles. The Kier molecular flexibility index (Phi) is 25.3. The first-order valence-electron chi connectivity index (χ1n) is 50.8. The smallest absolute Gasteiger partial charge is 0.350 e. The number of fused-ring (bicyclic) bond motifs is 15. The van der Waals surface area contributed by atoms with Gasteiger partial charge >= 0.3 is 71.6 Å². The molecule has 29 rings (SSSR count). The third-order valence-electron chi connectivity index (χ3n) is 33.8. The molecule has 39 heteroatoms. The van der Waals surface area contributed by atoms with Crippen LogP contribution in [-0.4, -0.2) is 272 Å². The van der Waals surface area contributed by atoms with Crippen molar-refractivity contribution in [2.75, 3.05) is 19.8 Å². The van der Waals surface area contributed by atoms with Gasteiger partial charge in [-0.15, -0.1) is 0 Å². The summed E-state index contributed by atoms with van der Waals surface area (Å²) < 4.78 is 155. The van der Waals surface area contributed by atoms with Crippen molar-refractivity contribution in [2.45, 2.75) is 418 Å². The molecule has 13 heterocycles. The molecule has 0 radical (unpaired) electrons. The fourth-order valence-corrected chi connectivity index (χ4v) is 30.1. The van der Waals surface area contributed by atoms with E-state index in [4.69, 9.17) is 128 Å². The summed E-state index contributed by atoms with van der Waals surface area (Å²) in [5, 5.41) is 0. The van der Waals surface area contributed by atoms with Crippen LogP contribution in [0.25, 0.3) is 0 Å². The molecule has 0 aromatic carbocycles. The van der Waals surface area contributed by atoms with Gasteiger partial charge < -0.3 is 128 Å². The zero-order chi connectivity index (χ0) is 100. The van der Waals surface area contributed by atoms with Crippen LogP contribution in [0.5, 0.6) is 0 Å². The van der Waals surface area contributed by atoms with E-state index in [1.807, 2.05) is 13.8 Å². The van der Waals surface area contributed by atoms with Gasteiger partial charge in [0.15, 0.2) is 109 Å². The average Bonchev–Trinajstić information content (AvgIpc) is 1.19. The monoisotopic (exact) mass is 1990 g/mol. The Morgan fingerprint density at radius 1 is 0.373 bits per heavy atom. The molecule has 0 aromatic heterocycles. The van der Waals surface area contributed by atoms with E-state index in [0.29, 0.717) is 105 Å². The second kappa shape index (κ2) is 36.1. The summed E-state index contributed by atoms with van der Waals surface area (Å²) in [5.74, 6) is -4.09. The third-order valence-corrected chi connectivity index (χ3v) is 33.8. The zero-order valence-electron chi connectivity index (χ0n) is 82.5. The minimum atomic E-state index is -1.16. The molecular weight excluding hydrogens is 1860 g/mol. The van der Waals surface area contributed by atoms with Crippen LogP contribution in [0.15, 0.2) is 60.8 Å². The summed E-state index contributed by atoms with van der Waals surface area (Å²) in [5.41, 5.74) is -2.78. The third kappa shape index (κ3) is 18.2. The molecule has 28 unspecified atom stereocenters. The average molecular weight is 1990 g/mol. The predicted molar refractivity (Wildman–Crippen MR) is 474 cm³/mol. The lowest BCUT2D eigenvalue weighted by molar-refractivity contribution is -0.390. The fraction of sp³-hybridized carbons (Fsp3) is 0.786. The van der Waals surface area contributed by atoms with E-state index in [1.54, 1.807) is 62.3 Å². The van der Waals surface area contributed by atoms with Gasteiger partial charge in [-0.25, -0.2) is 47.9 Å². The Hall–Kier alpha value is -8.26. The highest BCUT2D eigenvalue weighted by Crippen LogP contribution is 2.69. The maximum atomic E-state index is 13.6. The van der Waals surface area contributed by atoms with Crippen LogP contribution in [0.2, 0.25) is 0 Å². The lowest BCUT2D eigenvalue weighted by Crippen LogP contribution is -2.67. The molecule has 0 aromatic rings. The van der Waals surface area contributed by atoms with E-state index in [9.17, 15) is 57.5 Å². The SMILES string of the molecule is C=C(C)C(=O)OC12CC3CC(C1)CC(C(=O)OC1C(=O)OC4C5OC(C)(C)OC5OC14)(C3)C2.C=C(C)C(=O)OC12CC3CC(OC(C)OCC)(C1)CC(C(=O)OC1CCOC1=O)(C3)C2.C=C(C)C(=O)OC1C(=O)OC2C3OC4(OC3OC12)C1CC2CC(C1)CC4C2.C=C(C)C(=O)OC1C2OC(C)(C)OC1C1OC2OC1=O.C=C(COC1C(=O)OC2C3OC(C)(C)OC3OC12)C(=O)OC12CC3CC(CC(C3)C1)C2. The normalized spacial score (nSPS) is 46.4. The number of esters is 12. The number of ether oxygens (including phenoxy) is 27. The molecule has 13 saturated heterocycles. The van der Waals surface area contributed by atoms with Crippen LogP contribution in [0.3, 0.4) is 0 Å². The number of hydrogen-bond acceptors (Lipinski definition) is 39. The van der Waals surface area contributed by atoms with Crippen molar-refractivity contribution in [1.29, 1.82) is 0 Å². The van der Waals surface area contributed by atoms with E-state index in [-0.39, 0.29) is 53.3 Å². The van der Waals surface area contributed by atoms with E-state index < -0.39 is 258 Å². The molecule has 1 spiro atoms. The van der Waals surface area contributed by atoms with Crippen molar-refractivity contribution in [1.82, 2.24) is 0 Å². The van der Waals surface area contributed by atoms with Crippen molar-refractivity contribution < 1.29 is 185 Å². The molecular formula is C103H132O39. The summed E-state index contributed by atoms with van der Waals surface area (Å²) in [6.07, 6.45) is 4.94. The predicted octanol–water partition coefficient (Wildman–Crippen LogP) is 9.19. The summed E-state index contributed by atoms with van der Waals surface area (Å²) in [6, 6.07) is 0. The van der Waals surface area contributed by atoms with E-state index in [0.717, 1.165) is 82.5 Å². The minimum absolute atomic E-state index is 0.111. The molecule has 16 aliphatic carbocycles. The van der Waals surface area contributed by atoms with Gasteiger partial charge in [0.1, 0.15) is 41.2 Å². The number of carbonyl (C=O) groups excluding carboxylic acids is 12. The quantitative estimate of drug-likeness (QED) is 0.0447. The van der Waals surface area contributed by atoms with E-state index in [2.05, 4.69) is 32.9 Å². The van der Waals surface area contributed by atoms with Gasteiger partial charge in [0.2, 0.25) is 24.6 Å². The molecule has 0 N–H and O–H groups in total. The van der Waals surface area contributed by atoms with Gasteiger partial charge in [0, 0.05) is 66.4 Å². The first-order chi connectivity index (χ1) is 67.0. The zero-order valence-corrected chi connectivity index (χ0v) is 82.5. The molecule has 142 heavy (non-hydrogen) atoms. The van der Waals surface area contributed by atoms with Gasteiger partial charge in [0.25, 0.3) is 0 Å². The van der Waals surface area contributed by atoms with Crippen LogP contribution in [0.4, 0.5) is 0 Å². The topological polar surface area (TPSA) is 454 Å². The van der Waals surface area contributed by atoms with Crippen molar-refractivity contribution in [3.63, 3.8) is 0 Å². The second-order valence-electron chi connectivity index (χ2n) is 46.8. The van der Waals surface area contributed by atoms with Gasteiger partial charge in [0.05, 0.1) is 35.2 Å². The minimum Gasteiger partial charge on any atom is -0.463 e. The summed E-state index contributed by atoms with van der Waals surface area (Å²) in [4.78, 5) is 149. The fourth-order valence-electron chi connectivity index (χ4n) is 30.1. The van der Waals surface area contributed by atoms with E-state index >= 15 is 0 Å². The molecule has 778 valence electrons. The van der Waals surface area contributed by atoms with Crippen LogP contribution in [0.1, 0.15) is 237 Å². The number of carbonyl (C=O) groups is 12. The van der Waals surface area contributed by atoms with Crippen LogP contribution in [0, 0.1) is 70.0 Å². The summed E-state index contributed by atoms with van der Waals surface area (Å²) in [7, 11) is 0. The van der Waals surface area contributed by atoms with Gasteiger partial charge in [-0.05, 0) is 259 Å². The molecule has 29 aliphatic rings. The molecule has 39 nitrogen and oxygen atoms in total. The largest absolute Gasteiger partial charge is 0.463 e. The Bertz CT molecular complexity index is 5120. The van der Waals surface area contributed by atoms with Crippen molar-refractivity contribution >= 4 is 71.6 Å². The van der Waals surface area contributed by atoms with Crippen molar-refractivity contribution in [3.8, 4) is 0 Å². The number of cyclic esters (lactones) is 1. The van der Waals surface area contributed by atoms with Crippen LogP contribution < -0.4 is 0 Å². The Labute approximate surface area is 821 Å². The van der Waals surface area contributed by atoms with Crippen LogP contribution in [-0.2, 0) is 185 Å². The Morgan fingerprint density at radius 2 is 0.810 bits per heavy atom. The highest BCUT2D eigenvalue weighted by molar-refractivity contribution is 5.92. The van der Waals surface area contributed by atoms with Crippen LogP contribution >= 0.6 is 0 Å². The highest BCUT2D eigenvalue weighted by Gasteiger charge is 2.75. The first kappa shape index (κ1) is 99.7. The van der Waals surface area contributed by atoms with Gasteiger partial charge in [-0.2, -0.15) is 0 Å². The molecule has 20 bridgehead atoms.